The molecule has 0 aliphatic rings. The van der Waals surface area contributed by atoms with Crippen molar-refractivity contribution in [2.75, 3.05) is 0 Å². The molecule has 0 fully saturated rings. The summed E-state index contributed by atoms with van der Waals surface area (Å²) in [7, 11) is 0. The number of phenols is 1. The average Bonchev–Trinajstić information content (AvgIpc) is 1.11. The molecule has 6 aromatic carbocycles. The molecule has 0 atom stereocenters. The molecule has 336 valence electrons. The van der Waals surface area contributed by atoms with Crippen molar-refractivity contribution in [3.63, 3.8) is 0 Å². The minimum absolute atomic E-state index is 0. The molecule has 0 aliphatic heterocycles. The molecule has 5 heteroatoms. The van der Waals surface area contributed by atoms with Crippen molar-refractivity contribution in [1.82, 2.24) is 14.5 Å². The monoisotopic (exact) mass is 1060 g/mol. The minimum atomic E-state index is -4.17. The van der Waals surface area contributed by atoms with Gasteiger partial charge < -0.3 is 5.11 Å². The molecule has 2 heterocycles. The summed E-state index contributed by atoms with van der Waals surface area (Å²) in [5.74, 6) is -4.06. The van der Waals surface area contributed by atoms with E-state index in [1.165, 1.54) is 4.57 Å². The van der Waals surface area contributed by atoms with E-state index in [9.17, 15) is 6.48 Å². The molecule has 0 saturated carbocycles. The number of aromatic nitrogens is 3. The van der Waals surface area contributed by atoms with Crippen LogP contribution in [0.2, 0.25) is 0 Å². The molecule has 0 amide bonds. The molecular formula is C60H64N3OPt-. The predicted molar refractivity (Wildman–Crippen MR) is 271 cm³/mol. The number of pyridine rings is 1. The Labute approximate surface area is 430 Å². The first-order valence-corrected chi connectivity index (χ1v) is 21.0. The number of fused-ring (bicyclic) bond motifs is 1. The van der Waals surface area contributed by atoms with E-state index < -0.39 is 97.4 Å². The van der Waals surface area contributed by atoms with Crippen molar-refractivity contribution in [2.24, 2.45) is 0 Å². The van der Waals surface area contributed by atoms with Gasteiger partial charge in [0.05, 0.1) is 16.6 Å². The van der Waals surface area contributed by atoms with Gasteiger partial charge in [0, 0.05) is 71.6 Å². The second kappa shape index (κ2) is 18.0. The van der Waals surface area contributed by atoms with Crippen LogP contribution in [-0.4, -0.2) is 19.6 Å². The summed E-state index contributed by atoms with van der Waals surface area (Å²) in [6, 6.07) is 39.0. The first-order valence-electron chi connectivity index (χ1n) is 31.0. The predicted octanol–water partition coefficient (Wildman–Crippen LogP) is 16.4. The van der Waals surface area contributed by atoms with Crippen LogP contribution >= 0.6 is 0 Å². The summed E-state index contributed by atoms with van der Waals surface area (Å²) >= 11 is 0. The number of aromatic hydroxyl groups is 1. The van der Waals surface area contributed by atoms with Gasteiger partial charge in [-0.2, -0.15) is 0 Å². The van der Waals surface area contributed by atoms with Gasteiger partial charge in [-0.3, -0.25) is 9.55 Å². The summed E-state index contributed by atoms with van der Waals surface area (Å²) < 4.78 is 177. The second-order valence-corrected chi connectivity index (χ2v) is 17.9. The zero-order chi connectivity index (χ0) is 62.7. The van der Waals surface area contributed by atoms with E-state index in [1.807, 2.05) is 99.6 Å². The van der Waals surface area contributed by atoms with E-state index in [1.54, 1.807) is 70.3 Å². The molecule has 0 bridgehead atoms. The summed E-state index contributed by atoms with van der Waals surface area (Å²) in [5.41, 5.74) is -4.80. The molecule has 2 aromatic heterocycles. The molecule has 8 rings (SSSR count). The molecule has 4 nitrogen and oxygen atoms in total. The Balaban J connectivity index is 0.0000104. The van der Waals surface area contributed by atoms with Gasteiger partial charge in [0.1, 0.15) is 11.6 Å². The van der Waals surface area contributed by atoms with Crippen molar-refractivity contribution >= 4 is 11.0 Å². The average molecular weight is 1060 g/mol. The summed E-state index contributed by atoms with van der Waals surface area (Å²) in [6.45, 7) is -11.7. The zero-order valence-electron chi connectivity index (χ0n) is 57.3. The molecule has 0 radical (unpaired) electrons. The summed E-state index contributed by atoms with van der Waals surface area (Å²) in [6.07, 6.45) is 1.67. The zero-order valence-corrected chi connectivity index (χ0v) is 39.6. The van der Waals surface area contributed by atoms with Gasteiger partial charge in [0.15, 0.2) is 0 Å². The molecule has 0 aliphatic carbocycles. The van der Waals surface area contributed by atoms with Crippen molar-refractivity contribution in [1.29, 1.82) is 0 Å². The van der Waals surface area contributed by atoms with E-state index in [0.717, 1.165) is 27.8 Å². The fraction of sp³-hybridized carbons (Fsp3) is 0.300. The van der Waals surface area contributed by atoms with E-state index >= 15 is 0 Å². The Morgan fingerprint density at radius 2 is 1.31 bits per heavy atom. The van der Waals surface area contributed by atoms with Crippen molar-refractivity contribution in [2.45, 2.75) is 118 Å². The number of nitrogens with zero attached hydrogens (tertiary/aromatic N) is 3. The maximum atomic E-state index is 13.0. The number of para-hydroxylation sites is 1. The third-order valence-electron chi connectivity index (χ3n) is 11.6. The standard InChI is InChI=1S/C60H64N3O.Pt/c1-37(2)39-22-24-40(25-23-39)42-28-29-61-53(33-42)44-30-43(31-45(32-44)58(5,6)7)49-20-17-21-54-55(49)62-57(51-34-46(59(8,9)10)35-52(56(51)64)60(11,12)13)63(54)47-26-27-48(50(36-47)38(3)4)41-18-15-14-16-19-41;/h14-29,31-38,64H,1-13H3;/q-1;/i8D3,9D3,10D3,11D3,12D3,13D3,37D,38D;. The Morgan fingerprint density at radius 1 is 0.615 bits per heavy atom. The van der Waals surface area contributed by atoms with Crippen LogP contribution in [0.4, 0.5) is 0 Å². The summed E-state index contributed by atoms with van der Waals surface area (Å²) in [4.78, 5) is 9.90. The van der Waals surface area contributed by atoms with E-state index in [-0.39, 0.29) is 43.9 Å². The van der Waals surface area contributed by atoms with Crippen LogP contribution in [0.25, 0.3) is 72.7 Å². The topological polar surface area (TPSA) is 50.9 Å². The number of hydrogen-bond donors (Lipinski definition) is 1. The second-order valence-electron chi connectivity index (χ2n) is 17.9. The quantitative estimate of drug-likeness (QED) is 0.154. The Bertz CT molecular complexity index is 3710. The Hall–Kier alpha value is -5.57. The third kappa shape index (κ3) is 9.57. The first-order chi connectivity index (χ1) is 38.3. The maximum absolute atomic E-state index is 13.0. The molecule has 65 heavy (non-hydrogen) atoms. The minimum Gasteiger partial charge on any atom is -0.507 e. The van der Waals surface area contributed by atoms with E-state index in [4.69, 9.17) is 36.0 Å². The van der Waals surface area contributed by atoms with Crippen LogP contribution in [0, 0.1) is 6.07 Å². The third-order valence-corrected chi connectivity index (χ3v) is 11.6. The first kappa shape index (κ1) is 27.8. The van der Waals surface area contributed by atoms with Crippen LogP contribution in [-0.2, 0) is 37.3 Å². The van der Waals surface area contributed by atoms with Gasteiger partial charge in [-0.1, -0.05) is 186 Å². The number of rotatable bonds is 8. The largest absolute Gasteiger partial charge is 0.507 e. The molecule has 8 aromatic rings. The van der Waals surface area contributed by atoms with Gasteiger partial charge in [-0.15, -0.1) is 29.3 Å². The van der Waals surface area contributed by atoms with Crippen molar-refractivity contribution < 1.29 is 53.6 Å². The number of phenolic OH excluding ortho intramolecular Hbond substituents is 1. The van der Waals surface area contributed by atoms with Gasteiger partial charge in [-0.05, 0) is 97.3 Å². The molecule has 0 saturated heterocycles. The Morgan fingerprint density at radius 3 is 1.97 bits per heavy atom. The maximum Gasteiger partial charge on any atom is 0.148 e. The molecule has 0 spiro atoms. The van der Waals surface area contributed by atoms with Gasteiger partial charge >= 0.3 is 0 Å². The number of benzene rings is 6. The van der Waals surface area contributed by atoms with Crippen LogP contribution in [0.5, 0.6) is 5.75 Å². The molecule has 0 unspecified atom stereocenters. The van der Waals surface area contributed by atoms with Crippen LogP contribution < -0.4 is 0 Å². The molecular weight excluding hydrogens is 974 g/mol. The fourth-order valence-electron chi connectivity index (χ4n) is 8.06. The van der Waals surface area contributed by atoms with Gasteiger partial charge in [0.2, 0.25) is 0 Å². The van der Waals surface area contributed by atoms with E-state index in [0.29, 0.717) is 39.6 Å². The number of hydrogen-bond acceptors (Lipinski definition) is 3. The number of imidazole rings is 1. The fourth-order valence-corrected chi connectivity index (χ4v) is 8.06. The van der Waals surface area contributed by atoms with Crippen LogP contribution in [0.15, 0.2) is 134 Å². The van der Waals surface area contributed by atoms with Gasteiger partial charge in [0.25, 0.3) is 0 Å². The van der Waals surface area contributed by atoms with E-state index in [2.05, 4.69) is 6.07 Å². The SMILES string of the molecule is [2H]C(C)(C)c1ccc(-c2ccnc(-c3[c-]c(-c4cccc5c4nc(-c4cc(C(C([2H])([2H])[2H])(C([2H])([2H])[2H])C([2H])([2H])[2H])cc(C(C([2H])([2H])[2H])(C([2H])([2H])[2H])C([2H])([2H])[2H])c4O)n5-c4ccc(-c5ccccc5)c(C([2H])(C)C)c4)cc(C(C)(C)C)c3)c2)cc1.[Pt]. The normalized spacial score (nSPS) is 18.3. The van der Waals surface area contributed by atoms with Crippen LogP contribution in [0.1, 0.15) is 157 Å². The Kier molecular flexibility index (Phi) is 7.70. The van der Waals surface area contributed by atoms with Crippen molar-refractivity contribution in [3.8, 4) is 67.5 Å². The summed E-state index contributed by atoms with van der Waals surface area (Å²) in [5, 5.41) is 13.0. The molecule has 1 N–H and O–H groups in total. The smallest absolute Gasteiger partial charge is 0.148 e. The van der Waals surface area contributed by atoms with Gasteiger partial charge in [-0.25, -0.2) is 4.98 Å². The van der Waals surface area contributed by atoms with Crippen LogP contribution in [0.3, 0.4) is 0 Å². The van der Waals surface area contributed by atoms with Crippen molar-refractivity contribution in [3.05, 3.63) is 167 Å².